The van der Waals surface area contributed by atoms with Crippen LogP contribution in [0.1, 0.15) is 37.3 Å². The summed E-state index contributed by atoms with van der Waals surface area (Å²) in [5.74, 6) is 0.130. The van der Waals surface area contributed by atoms with Crippen LogP contribution in [0, 0.1) is 5.92 Å². The molecule has 1 atom stereocenters. The summed E-state index contributed by atoms with van der Waals surface area (Å²) in [6.45, 7) is 5.31. The highest BCUT2D eigenvalue weighted by Crippen LogP contribution is 2.23. The lowest BCUT2D eigenvalue weighted by Gasteiger charge is -2.16. The van der Waals surface area contributed by atoms with Gasteiger partial charge in [0.2, 0.25) is 11.8 Å². The molecule has 0 spiro atoms. The van der Waals surface area contributed by atoms with Crippen LogP contribution in [0.2, 0.25) is 0 Å². The van der Waals surface area contributed by atoms with E-state index in [4.69, 9.17) is 0 Å². The molecule has 2 amide bonds. The van der Waals surface area contributed by atoms with Gasteiger partial charge in [-0.05, 0) is 29.2 Å². The minimum Gasteiger partial charge on any atom is -0.338 e. The van der Waals surface area contributed by atoms with E-state index >= 15 is 0 Å². The van der Waals surface area contributed by atoms with E-state index in [0.29, 0.717) is 19.0 Å². The second-order valence-electron chi connectivity index (χ2n) is 6.93. The zero-order valence-corrected chi connectivity index (χ0v) is 14.7. The van der Waals surface area contributed by atoms with E-state index in [9.17, 15) is 9.59 Å². The molecule has 4 heteroatoms. The lowest BCUT2D eigenvalue weighted by Crippen LogP contribution is -2.28. The second-order valence-corrected chi connectivity index (χ2v) is 6.93. The molecule has 0 saturated carbocycles. The Hall–Kier alpha value is -2.62. The molecule has 0 aliphatic carbocycles. The third kappa shape index (κ3) is 4.27. The first-order valence-corrected chi connectivity index (χ1v) is 8.75. The summed E-state index contributed by atoms with van der Waals surface area (Å²) in [6, 6.07) is 17.8. The fraction of sp³-hybridized carbons (Fsp3) is 0.333. The summed E-state index contributed by atoms with van der Waals surface area (Å²) < 4.78 is 0. The minimum absolute atomic E-state index is 0.0409. The Labute approximate surface area is 148 Å². The number of rotatable bonds is 5. The van der Waals surface area contributed by atoms with Gasteiger partial charge in [0.25, 0.3) is 0 Å². The Morgan fingerprint density at radius 3 is 2.44 bits per heavy atom. The van der Waals surface area contributed by atoms with Crippen LogP contribution in [0.3, 0.4) is 0 Å². The minimum atomic E-state index is -0.291. The summed E-state index contributed by atoms with van der Waals surface area (Å²) in [7, 11) is 0. The highest BCUT2D eigenvalue weighted by molar-refractivity contribution is 5.97. The smallest absolute Gasteiger partial charge is 0.229 e. The van der Waals surface area contributed by atoms with Gasteiger partial charge < -0.3 is 10.2 Å². The van der Waals surface area contributed by atoms with Crippen molar-refractivity contribution in [3.63, 3.8) is 0 Å². The molecular formula is C21H24N2O2. The number of hydrogen-bond donors (Lipinski definition) is 1. The summed E-state index contributed by atoms with van der Waals surface area (Å²) in [4.78, 5) is 26.5. The maximum Gasteiger partial charge on any atom is 0.229 e. The average molecular weight is 336 g/mol. The third-order valence-corrected chi connectivity index (χ3v) is 4.65. The molecule has 0 aromatic heterocycles. The van der Waals surface area contributed by atoms with E-state index in [1.165, 1.54) is 5.56 Å². The Morgan fingerprint density at radius 1 is 1.12 bits per heavy atom. The molecule has 130 valence electrons. The second kappa shape index (κ2) is 7.51. The van der Waals surface area contributed by atoms with Gasteiger partial charge in [0.1, 0.15) is 0 Å². The molecule has 0 radical (unpaired) electrons. The quantitative estimate of drug-likeness (QED) is 0.903. The van der Waals surface area contributed by atoms with Crippen LogP contribution in [0.4, 0.5) is 5.69 Å². The number of nitrogens with one attached hydrogen (secondary N) is 1. The topological polar surface area (TPSA) is 49.4 Å². The molecule has 25 heavy (non-hydrogen) atoms. The van der Waals surface area contributed by atoms with Crippen molar-refractivity contribution in [2.45, 2.75) is 32.7 Å². The SMILES string of the molecule is CC(C)c1ccc(NC(=O)[C@H]2CC(=O)N(Cc3ccccc3)C2)cc1. The first-order valence-electron chi connectivity index (χ1n) is 8.75. The maximum atomic E-state index is 12.5. The van der Waals surface area contributed by atoms with Crippen molar-refractivity contribution in [1.82, 2.24) is 4.90 Å². The Balaban J connectivity index is 1.58. The lowest BCUT2D eigenvalue weighted by molar-refractivity contribution is -0.128. The Bertz CT molecular complexity index is 738. The number of amides is 2. The molecule has 0 unspecified atom stereocenters. The van der Waals surface area contributed by atoms with Gasteiger partial charge in [0.15, 0.2) is 0 Å². The number of likely N-dealkylation sites (tertiary alicyclic amines) is 1. The van der Waals surface area contributed by atoms with E-state index in [2.05, 4.69) is 19.2 Å². The van der Waals surface area contributed by atoms with Gasteiger partial charge in [-0.15, -0.1) is 0 Å². The molecule has 3 rings (SSSR count). The van der Waals surface area contributed by atoms with Crippen LogP contribution in [0.5, 0.6) is 0 Å². The van der Waals surface area contributed by atoms with Crippen molar-refractivity contribution in [3.8, 4) is 0 Å². The van der Waals surface area contributed by atoms with E-state index in [0.717, 1.165) is 11.3 Å². The van der Waals surface area contributed by atoms with Gasteiger partial charge in [-0.3, -0.25) is 9.59 Å². The number of anilines is 1. The molecule has 1 N–H and O–H groups in total. The zero-order valence-electron chi connectivity index (χ0n) is 14.7. The molecule has 1 fully saturated rings. The van der Waals surface area contributed by atoms with Gasteiger partial charge in [-0.1, -0.05) is 56.3 Å². The predicted molar refractivity (Wildman–Crippen MR) is 99.1 cm³/mol. The number of nitrogens with zero attached hydrogens (tertiary/aromatic N) is 1. The van der Waals surface area contributed by atoms with Crippen LogP contribution in [0.15, 0.2) is 54.6 Å². The number of hydrogen-bond acceptors (Lipinski definition) is 2. The molecule has 1 aliphatic heterocycles. The lowest BCUT2D eigenvalue weighted by atomic mass is 10.0. The first-order chi connectivity index (χ1) is 12.0. The summed E-state index contributed by atoms with van der Waals surface area (Å²) >= 11 is 0. The van der Waals surface area contributed by atoms with Crippen LogP contribution in [-0.4, -0.2) is 23.3 Å². The van der Waals surface area contributed by atoms with Crippen molar-refractivity contribution < 1.29 is 9.59 Å². The fourth-order valence-corrected chi connectivity index (χ4v) is 3.10. The van der Waals surface area contributed by atoms with Crippen LogP contribution < -0.4 is 5.32 Å². The highest BCUT2D eigenvalue weighted by atomic mass is 16.2. The molecule has 1 aliphatic rings. The number of carbonyl (C=O) groups excluding carboxylic acids is 2. The van der Waals surface area contributed by atoms with Gasteiger partial charge in [0, 0.05) is 25.2 Å². The average Bonchev–Trinajstić information content (AvgIpc) is 2.97. The van der Waals surface area contributed by atoms with Crippen LogP contribution in [0.25, 0.3) is 0 Å². The third-order valence-electron chi connectivity index (χ3n) is 4.65. The zero-order chi connectivity index (χ0) is 17.8. The van der Waals surface area contributed by atoms with Crippen molar-refractivity contribution in [1.29, 1.82) is 0 Å². The molecule has 1 saturated heterocycles. The predicted octanol–water partition coefficient (Wildman–Crippen LogP) is 3.80. The molecule has 2 aromatic carbocycles. The first kappa shape index (κ1) is 17.2. The molecule has 1 heterocycles. The van der Waals surface area contributed by atoms with Gasteiger partial charge in [-0.25, -0.2) is 0 Å². The normalized spacial score (nSPS) is 17.2. The Morgan fingerprint density at radius 2 is 1.80 bits per heavy atom. The molecular weight excluding hydrogens is 312 g/mol. The van der Waals surface area contributed by atoms with E-state index < -0.39 is 0 Å². The largest absolute Gasteiger partial charge is 0.338 e. The van der Waals surface area contributed by atoms with Gasteiger partial charge >= 0.3 is 0 Å². The van der Waals surface area contributed by atoms with Gasteiger partial charge in [0.05, 0.1) is 5.92 Å². The van der Waals surface area contributed by atoms with Gasteiger partial charge in [-0.2, -0.15) is 0 Å². The maximum absolute atomic E-state index is 12.5. The molecule has 0 bridgehead atoms. The number of carbonyl (C=O) groups is 2. The summed E-state index contributed by atoms with van der Waals surface area (Å²) in [6.07, 6.45) is 0.281. The van der Waals surface area contributed by atoms with Crippen molar-refractivity contribution >= 4 is 17.5 Å². The van der Waals surface area contributed by atoms with Crippen LogP contribution in [-0.2, 0) is 16.1 Å². The van der Waals surface area contributed by atoms with Crippen molar-refractivity contribution in [2.75, 3.05) is 11.9 Å². The van der Waals surface area contributed by atoms with Crippen molar-refractivity contribution in [2.24, 2.45) is 5.92 Å². The summed E-state index contributed by atoms with van der Waals surface area (Å²) in [5, 5.41) is 2.94. The van der Waals surface area contributed by atoms with E-state index in [1.54, 1.807) is 4.90 Å². The molecule has 2 aromatic rings. The molecule has 4 nitrogen and oxygen atoms in total. The van der Waals surface area contributed by atoms with E-state index in [-0.39, 0.29) is 24.2 Å². The Kier molecular flexibility index (Phi) is 5.17. The highest BCUT2D eigenvalue weighted by Gasteiger charge is 2.34. The van der Waals surface area contributed by atoms with Crippen molar-refractivity contribution in [3.05, 3.63) is 65.7 Å². The van der Waals surface area contributed by atoms with E-state index in [1.807, 2.05) is 54.6 Å². The fourth-order valence-electron chi connectivity index (χ4n) is 3.10. The monoisotopic (exact) mass is 336 g/mol. The number of benzene rings is 2. The standard InChI is InChI=1S/C21H24N2O2/c1-15(2)17-8-10-19(11-9-17)22-21(25)18-12-20(24)23(14-18)13-16-6-4-3-5-7-16/h3-11,15,18H,12-14H2,1-2H3,(H,22,25)/t18-/m0/s1. The van der Waals surface area contributed by atoms with Crippen LogP contribution >= 0.6 is 0 Å². The summed E-state index contributed by atoms with van der Waals surface area (Å²) in [5.41, 5.74) is 3.10.